The minimum absolute atomic E-state index is 0.0467. The van der Waals surface area contributed by atoms with Gasteiger partial charge in [-0.15, -0.1) is 0 Å². The molecule has 2 aromatic carbocycles. The molecule has 172 valence electrons. The highest BCUT2D eigenvalue weighted by molar-refractivity contribution is 6.39. The van der Waals surface area contributed by atoms with E-state index >= 15 is 0 Å². The third kappa shape index (κ3) is 3.84. The van der Waals surface area contributed by atoms with E-state index in [1.165, 1.54) is 11.3 Å². The van der Waals surface area contributed by atoms with Crippen molar-refractivity contribution in [1.29, 1.82) is 0 Å². The van der Waals surface area contributed by atoms with Crippen LogP contribution in [0.15, 0.2) is 35.9 Å². The van der Waals surface area contributed by atoms with Crippen LogP contribution in [-0.2, 0) is 9.59 Å². The Labute approximate surface area is 195 Å². The summed E-state index contributed by atoms with van der Waals surface area (Å²) in [5, 5.41) is 2.32. The Bertz CT molecular complexity index is 1230. The lowest BCUT2D eigenvalue weighted by molar-refractivity contribution is -0.122. The van der Waals surface area contributed by atoms with Gasteiger partial charge in [0.15, 0.2) is 0 Å². The average molecular weight is 446 g/mol. The fourth-order valence-corrected chi connectivity index (χ4v) is 4.80. The summed E-state index contributed by atoms with van der Waals surface area (Å²) in [6.45, 7) is 12.5. The molecule has 0 unspecified atom stereocenters. The minimum atomic E-state index is -0.731. The number of fused-ring (bicyclic) bond motifs is 1. The SMILES string of the molecule is Cc1ccc(N2C(=O)NC(=O)/C(=C\c3cc4c(cc3C)N(C)C(C)(C)C[C@H]4C)C2=O)cc1C. The van der Waals surface area contributed by atoms with Crippen molar-refractivity contribution in [3.63, 3.8) is 0 Å². The number of benzene rings is 2. The van der Waals surface area contributed by atoms with E-state index in [9.17, 15) is 14.4 Å². The second kappa shape index (κ2) is 7.87. The topological polar surface area (TPSA) is 69.7 Å². The highest BCUT2D eigenvalue weighted by Gasteiger charge is 2.38. The highest BCUT2D eigenvalue weighted by Crippen LogP contribution is 2.43. The Morgan fingerprint density at radius 3 is 2.36 bits per heavy atom. The molecule has 2 heterocycles. The number of aryl methyl sites for hydroxylation is 3. The lowest BCUT2D eigenvalue weighted by Gasteiger charge is -2.45. The number of amides is 4. The number of hydrogen-bond donors (Lipinski definition) is 1. The summed E-state index contributed by atoms with van der Waals surface area (Å²) < 4.78 is 0. The predicted molar refractivity (Wildman–Crippen MR) is 132 cm³/mol. The van der Waals surface area contributed by atoms with Crippen molar-refractivity contribution in [1.82, 2.24) is 5.32 Å². The number of imide groups is 2. The van der Waals surface area contributed by atoms with Gasteiger partial charge in [0.05, 0.1) is 5.69 Å². The second-order valence-electron chi connectivity index (χ2n) is 9.97. The van der Waals surface area contributed by atoms with Crippen LogP contribution in [0.3, 0.4) is 0 Å². The first kappa shape index (κ1) is 22.8. The number of hydrogen-bond acceptors (Lipinski definition) is 4. The van der Waals surface area contributed by atoms with E-state index in [1.54, 1.807) is 18.2 Å². The van der Waals surface area contributed by atoms with Crippen LogP contribution < -0.4 is 15.1 Å². The van der Waals surface area contributed by atoms with Crippen LogP contribution in [0.25, 0.3) is 6.08 Å². The quantitative estimate of drug-likeness (QED) is 0.522. The van der Waals surface area contributed by atoms with Crippen molar-refractivity contribution in [2.75, 3.05) is 16.8 Å². The van der Waals surface area contributed by atoms with Crippen molar-refractivity contribution in [2.24, 2.45) is 0 Å². The van der Waals surface area contributed by atoms with Gasteiger partial charge in [-0.25, -0.2) is 9.69 Å². The van der Waals surface area contributed by atoms with Gasteiger partial charge in [-0.3, -0.25) is 14.9 Å². The summed E-state index contributed by atoms with van der Waals surface area (Å²) in [6.07, 6.45) is 2.62. The van der Waals surface area contributed by atoms with E-state index in [0.717, 1.165) is 33.6 Å². The third-order valence-corrected chi connectivity index (χ3v) is 7.17. The van der Waals surface area contributed by atoms with Gasteiger partial charge in [0.25, 0.3) is 11.8 Å². The van der Waals surface area contributed by atoms with E-state index in [1.807, 2.05) is 26.8 Å². The van der Waals surface area contributed by atoms with Gasteiger partial charge in [0, 0.05) is 18.3 Å². The van der Waals surface area contributed by atoms with Crippen LogP contribution in [0, 0.1) is 20.8 Å². The zero-order valence-electron chi connectivity index (χ0n) is 20.4. The number of carbonyl (C=O) groups excluding carboxylic acids is 3. The highest BCUT2D eigenvalue weighted by atomic mass is 16.2. The number of nitrogens with one attached hydrogen (secondary N) is 1. The van der Waals surface area contributed by atoms with Gasteiger partial charge < -0.3 is 4.90 Å². The first-order chi connectivity index (χ1) is 15.4. The lowest BCUT2D eigenvalue weighted by Crippen LogP contribution is -2.54. The molecule has 0 aromatic heterocycles. The standard InChI is InChI=1S/C27H31N3O3/c1-15-8-9-20(10-16(15)2)30-25(32)22(24(31)28-26(30)33)13-19-12-21-18(4)14-27(5,6)29(7)23(21)11-17(19)3/h8-13,18H,14H2,1-7H3,(H,28,31,33)/b22-13+/t18-/m1/s1. The number of urea groups is 1. The molecule has 0 radical (unpaired) electrons. The molecule has 4 amide bonds. The number of nitrogens with zero attached hydrogens (tertiary/aromatic N) is 2. The molecule has 1 fully saturated rings. The van der Waals surface area contributed by atoms with Gasteiger partial charge in [-0.2, -0.15) is 0 Å². The molecule has 0 spiro atoms. The molecule has 2 aliphatic rings. The van der Waals surface area contributed by atoms with Gasteiger partial charge in [-0.05, 0) is 105 Å². The molecule has 0 bridgehead atoms. The largest absolute Gasteiger partial charge is 0.369 e. The molecule has 1 saturated heterocycles. The van der Waals surface area contributed by atoms with E-state index in [4.69, 9.17) is 0 Å². The first-order valence-electron chi connectivity index (χ1n) is 11.3. The molecule has 1 N–H and O–H groups in total. The van der Waals surface area contributed by atoms with Crippen molar-refractivity contribution >= 4 is 35.3 Å². The Morgan fingerprint density at radius 2 is 1.70 bits per heavy atom. The van der Waals surface area contributed by atoms with Gasteiger partial charge in [0.2, 0.25) is 0 Å². The van der Waals surface area contributed by atoms with Crippen molar-refractivity contribution in [2.45, 2.75) is 59.4 Å². The summed E-state index contributed by atoms with van der Waals surface area (Å²) in [5.41, 5.74) is 6.60. The fraction of sp³-hybridized carbons (Fsp3) is 0.370. The summed E-state index contributed by atoms with van der Waals surface area (Å²) >= 11 is 0. The van der Waals surface area contributed by atoms with Crippen LogP contribution in [0.2, 0.25) is 0 Å². The Balaban J connectivity index is 1.77. The zero-order chi connectivity index (χ0) is 24.2. The average Bonchev–Trinajstić information content (AvgIpc) is 2.72. The number of barbiturate groups is 1. The second-order valence-corrected chi connectivity index (χ2v) is 9.97. The maximum Gasteiger partial charge on any atom is 0.335 e. The monoisotopic (exact) mass is 445 g/mol. The minimum Gasteiger partial charge on any atom is -0.369 e. The molecule has 2 aromatic rings. The fourth-order valence-electron chi connectivity index (χ4n) is 4.80. The number of rotatable bonds is 2. The summed E-state index contributed by atoms with van der Waals surface area (Å²) in [7, 11) is 2.10. The van der Waals surface area contributed by atoms with E-state index in [0.29, 0.717) is 11.6 Å². The molecule has 0 aliphatic carbocycles. The molecular weight excluding hydrogens is 414 g/mol. The summed E-state index contributed by atoms with van der Waals surface area (Å²) in [6, 6.07) is 8.82. The van der Waals surface area contributed by atoms with Crippen LogP contribution >= 0.6 is 0 Å². The predicted octanol–water partition coefficient (Wildman–Crippen LogP) is 5.00. The summed E-state index contributed by atoms with van der Waals surface area (Å²) in [5.74, 6) is -0.947. The van der Waals surface area contributed by atoms with E-state index < -0.39 is 17.8 Å². The maximum atomic E-state index is 13.3. The normalized spacial score (nSPS) is 21.4. The molecule has 6 nitrogen and oxygen atoms in total. The Morgan fingerprint density at radius 1 is 1.00 bits per heavy atom. The molecule has 4 rings (SSSR count). The van der Waals surface area contributed by atoms with Crippen molar-refractivity contribution in [3.05, 3.63) is 63.7 Å². The van der Waals surface area contributed by atoms with Crippen LogP contribution in [0.1, 0.15) is 60.9 Å². The third-order valence-electron chi connectivity index (χ3n) is 7.17. The van der Waals surface area contributed by atoms with Gasteiger partial charge >= 0.3 is 6.03 Å². The molecular formula is C27H31N3O3. The molecule has 33 heavy (non-hydrogen) atoms. The van der Waals surface area contributed by atoms with Crippen molar-refractivity contribution < 1.29 is 14.4 Å². The van der Waals surface area contributed by atoms with Crippen LogP contribution in [0.5, 0.6) is 0 Å². The Kier molecular flexibility index (Phi) is 5.43. The molecule has 2 aliphatic heterocycles. The molecule has 6 heteroatoms. The molecule has 1 atom stereocenters. The van der Waals surface area contributed by atoms with Crippen molar-refractivity contribution in [3.8, 4) is 0 Å². The summed E-state index contributed by atoms with van der Waals surface area (Å²) in [4.78, 5) is 41.9. The Hall–Kier alpha value is -3.41. The number of carbonyl (C=O) groups is 3. The van der Waals surface area contributed by atoms with Gasteiger partial charge in [0.1, 0.15) is 5.57 Å². The van der Waals surface area contributed by atoms with Crippen LogP contribution in [0.4, 0.5) is 16.2 Å². The maximum absolute atomic E-state index is 13.3. The molecule has 0 saturated carbocycles. The van der Waals surface area contributed by atoms with Gasteiger partial charge in [-0.1, -0.05) is 13.0 Å². The van der Waals surface area contributed by atoms with Crippen LogP contribution in [-0.4, -0.2) is 30.4 Å². The first-order valence-corrected chi connectivity index (χ1v) is 11.3. The lowest BCUT2D eigenvalue weighted by atomic mass is 9.79. The van der Waals surface area contributed by atoms with E-state index in [2.05, 4.69) is 50.2 Å². The zero-order valence-corrected chi connectivity index (χ0v) is 20.4. The smallest absolute Gasteiger partial charge is 0.335 e. The van der Waals surface area contributed by atoms with E-state index in [-0.39, 0.29) is 11.1 Å². The number of anilines is 2.